The first-order valence-corrected chi connectivity index (χ1v) is 7.22. The van der Waals surface area contributed by atoms with E-state index in [9.17, 15) is 14.3 Å². The lowest BCUT2D eigenvalue weighted by Crippen LogP contribution is -2.45. The van der Waals surface area contributed by atoms with Crippen molar-refractivity contribution >= 4 is 28.9 Å². The van der Waals surface area contributed by atoms with Gasteiger partial charge < -0.3 is 10.4 Å². The number of nitrogens with zero attached hydrogens (tertiary/aromatic N) is 1. The number of aliphatic hydroxyl groups excluding tert-OH is 1. The molecular weight excluding hydrogens is 317 g/mol. The van der Waals surface area contributed by atoms with Crippen LogP contribution in [0, 0.1) is 5.82 Å². The Morgan fingerprint density at radius 1 is 1.26 bits per heavy atom. The molecule has 0 saturated heterocycles. The summed E-state index contributed by atoms with van der Waals surface area (Å²) < 4.78 is 13.1. The molecule has 120 valence electrons. The third-order valence-corrected chi connectivity index (χ3v) is 3.46. The van der Waals surface area contributed by atoms with E-state index in [2.05, 4.69) is 10.7 Å². The first-order valence-electron chi connectivity index (χ1n) is 6.81. The summed E-state index contributed by atoms with van der Waals surface area (Å²) in [6, 6.07) is 12.5. The molecular formula is C16H16FN3O2S. The molecule has 0 saturated carbocycles. The Hall–Kier alpha value is -2.51. The van der Waals surface area contributed by atoms with Crippen LogP contribution >= 0.6 is 12.2 Å². The smallest absolute Gasteiger partial charge is 0.270 e. The van der Waals surface area contributed by atoms with Crippen molar-refractivity contribution in [2.75, 3.05) is 12.4 Å². The SMILES string of the molecule is CN(NC(=O)c1ccccc1CO)C(=S)Nc1cccc(F)c1. The van der Waals surface area contributed by atoms with Crippen molar-refractivity contribution in [3.05, 3.63) is 65.5 Å². The van der Waals surface area contributed by atoms with Gasteiger partial charge in [-0.25, -0.2) is 4.39 Å². The molecule has 0 bridgehead atoms. The Morgan fingerprint density at radius 3 is 2.70 bits per heavy atom. The molecule has 0 spiro atoms. The lowest BCUT2D eigenvalue weighted by molar-refractivity contribution is 0.0885. The van der Waals surface area contributed by atoms with Gasteiger partial charge in [-0.15, -0.1) is 0 Å². The van der Waals surface area contributed by atoms with E-state index in [4.69, 9.17) is 12.2 Å². The number of benzene rings is 2. The van der Waals surface area contributed by atoms with Crippen LogP contribution in [-0.4, -0.2) is 28.2 Å². The number of carbonyl (C=O) groups is 1. The molecule has 5 nitrogen and oxygen atoms in total. The van der Waals surface area contributed by atoms with Gasteiger partial charge in [-0.2, -0.15) is 0 Å². The van der Waals surface area contributed by atoms with Gasteiger partial charge in [0.2, 0.25) is 0 Å². The summed E-state index contributed by atoms with van der Waals surface area (Å²) in [5.74, 6) is -0.790. The van der Waals surface area contributed by atoms with Gasteiger partial charge in [0, 0.05) is 18.3 Å². The minimum Gasteiger partial charge on any atom is -0.392 e. The van der Waals surface area contributed by atoms with Crippen LogP contribution < -0.4 is 10.7 Å². The van der Waals surface area contributed by atoms with Crippen molar-refractivity contribution in [2.45, 2.75) is 6.61 Å². The van der Waals surface area contributed by atoms with E-state index >= 15 is 0 Å². The largest absolute Gasteiger partial charge is 0.392 e. The average molecular weight is 333 g/mol. The van der Waals surface area contributed by atoms with Gasteiger partial charge in [0.05, 0.1) is 6.61 Å². The summed E-state index contributed by atoms with van der Waals surface area (Å²) in [5, 5.41) is 13.6. The van der Waals surface area contributed by atoms with Crippen molar-refractivity contribution in [1.82, 2.24) is 10.4 Å². The summed E-state index contributed by atoms with van der Waals surface area (Å²) in [6.07, 6.45) is 0. The van der Waals surface area contributed by atoms with Gasteiger partial charge in [0.1, 0.15) is 5.82 Å². The zero-order chi connectivity index (χ0) is 16.8. The number of halogens is 1. The minimum atomic E-state index is -0.402. The van der Waals surface area contributed by atoms with E-state index in [-0.39, 0.29) is 17.5 Å². The number of rotatable bonds is 3. The van der Waals surface area contributed by atoms with Crippen LogP contribution in [0.4, 0.5) is 10.1 Å². The second kappa shape index (κ2) is 7.66. The highest BCUT2D eigenvalue weighted by Gasteiger charge is 2.13. The first-order chi connectivity index (χ1) is 11.0. The molecule has 2 aromatic carbocycles. The molecule has 0 aliphatic carbocycles. The van der Waals surface area contributed by atoms with E-state index in [1.807, 2.05) is 0 Å². The Bertz CT molecular complexity index is 724. The fraction of sp³-hybridized carbons (Fsp3) is 0.125. The number of hydrogen-bond acceptors (Lipinski definition) is 3. The highest BCUT2D eigenvalue weighted by Crippen LogP contribution is 2.11. The number of thiocarbonyl (C=S) groups is 1. The summed E-state index contributed by atoms with van der Waals surface area (Å²) in [6.45, 7) is -0.237. The number of amides is 1. The third-order valence-electron chi connectivity index (χ3n) is 3.08. The standard InChI is InChI=1S/C16H16FN3O2S/c1-20(16(23)18-13-7-4-6-12(17)9-13)19-15(22)14-8-3-2-5-11(14)10-21/h2-9,21H,10H2,1H3,(H,18,23)(H,19,22). The molecule has 23 heavy (non-hydrogen) atoms. The van der Waals surface area contributed by atoms with Crippen molar-refractivity contribution < 1.29 is 14.3 Å². The third kappa shape index (κ3) is 4.48. The highest BCUT2D eigenvalue weighted by molar-refractivity contribution is 7.80. The van der Waals surface area contributed by atoms with Gasteiger partial charge in [-0.3, -0.25) is 15.2 Å². The first kappa shape index (κ1) is 16.9. The van der Waals surface area contributed by atoms with Gasteiger partial charge in [-0.05, 0) is 42.0 Å². The molecule has 0 aromatic heterocycles. The molecule has 3 N–H and O–H groups in total. The molecule has 0 radical (unpaired) electrons. The second-order valence-corrected chi connectivity index (χ2v) is 5.14. The molecule has 2 rings (SSSR count). The molecule has 0 heterocycles. The number of hydrazine groups is 1. The molecule has 1 amide bonds. The maximum atomic E-state index is 13.1. The van der Waals surface area contributed by atoms with E-state index in [1.54, 1.807) is 43.4 Å². The van der Waals surface area contributed by atoms with Gasteiger partial charge >= 0.3 is 0 Å². The van der Waals surface area contributed by atoms with Crippen LogP contribution in [0.3, 0.4) is 0 Å². The van der Waals surface area contributed by atoms with Gasteiger partial charge in [-0.1, -0.05) is 24.3 Å². The summed E-state index contributed by atoms with van der Waals surface area (Å²) in [7, 11) is 1.56. The maximum absolute atomic E-state index is 13.1. The minimum absolute atomic E-state index is 0.199. The fourth-order valence-electron chi connectivity index (χ4n) is 1.92. The predicted octanol–water partition coefficient (Wildman–Crippen LogP) is 2.29. The Morgan fingerprint density at radius 2 is 2.00 bits per heavy atom. The quantitative estimate of drug-likeness (QED) is 0.594. The van der Waals surface area contributed by atoms with E-state index in [1.165, 1.54) is 17.1 Å². The molecule has 0 aliphatic heterocycles. The summed E-state index contributed by atoms with van der Waals surface area (Å²) in [4.78, 5) is 12.2. The monoisotopic (exact) mass is 333 g/mol. The van der Waals surface area contributed by atoms with Crippen LogP contribution in [0.5, 0.6) is 0 Å². The Balaban J connectivity index is 2.01. The number of carbonyl (C=O) groups excluding carboxylic acids is 1. The molecule has 7 heteroatoms. The number of anilines is 1. The second-order valence-electron chi connectivity index (χ2n) is 4.76. The lowest BCUT2D eigenvalue weighted by atomic mass is 10.1. The lowest BCUT2D eigenvalue weighted by Gasteiger charge is -2.22. The Labute approximate surface area is 138 Å². The van der Waals surface area contributed by atoms with Gasteiger partial charge in [0.25, 0.3) is 5.91 Å². The van der Waals surface area contributed by atoms with Crippen LogP contribution in [0.25, 0.3) is 0 Å². The van der Waals surface area contributed by atoms with E-state index < -0.39 is 5.91 Å². The van der Waals surface area contributed by atoms with Crippen molar-refractivity contribution in [3.63, 3.8) is 0 Å². The van der Waals surface area contributed by atoms with Crippen LogP contribution in [-0.2, 0) is 6.61 Å². The summed E-state index contributed by atoms with van der Waals surface area (Å²) in [5.41, 5.74) is 3.94. The van der Waals surface area contributed by atoms with Crippen molar-refractivity contribution in [3.8, 4) is 0 Å². The number of aliphatic hydroxyl groups is 1. The number of nitrogens with one attached hydrogen (secondary N) is 2. The molecule has 2 aromatic rings. The van der Waals surface area contributed by atoms with Crippen molar-refractivity contribution in [2.24, 2.45) is 0 Å². The average Bonchev–Trinajstić information content (AvgIpc) is 2.54. The predicted molar refractivity (Wildman–Crippen MR) is 90.2 cm³/mol. The molecule has 0 fully saturated rings. The maximum Gasteiger partial charge on any atom is 0.270 e. The van der Waals surface area contributed by atoms with Crippen LogP contribution in [0.1, 0.15) is 15.9 Å². The fourth-order valence-corrected chi connectivity index (χ4v) is 2.08. The number of hydrogen-bond donors (Lipinski definition) is 3. The highest BCUT2D eigenvalue weighted by atomic mass is 32.1. The molecule has 0 aliphatic rings. The summed E-state index contributed by atoms with van der Waals surface area (Å²) >= 11 is 5.16. The molecule has 0 unspecified atom stereocenters. The van der Waals surface area contributed by atoms with Crippen LogP contribution in [0.2, 0.25) is 0 Å². The van der Waals surface area contributed by atoms with Gasteiger partial charge in [0.15, 0.2) is 5.11 Å². The molecule has 0 atom stereocenters. The zero-order valence-electron chi connectivity index (χ0n) is 12.4. The van der Waals surface area contributed by atoms with Crippen molar-refractivity contribution in [1.29, 1.82) is 0 Å². The zero-order valence-corrected chi connectivity index (χ0v) is 13.2. The topological polar surface area (TPSA) is 64.6 Å². The van der Waals surface area contributed by atoms with E-state index in [0.717, 1.165) is 0 Å². The Kier molecular flexibility index (Phi) is 5.61. The van der Waals surface area contributed by atoms with Crippen LogP contribution in [0.15, 0.2) is 48.5 Å². The van der Waals surface area contributed by atoms with E-state index in [0.29, 0.717) is 16.8 Å². The normalized spacial score (nSPS) is 10.0.